The third-order valence-electron chi connectivity index (χ3n) is 6.04. The third kappa shape index (κ3) is 8.10. The number of ether oxygens (including phenoxy) is 1. The Hall–Kier alpha value is -3.55. The van der Waals surface area contributed by atoms with E-state index >= 15 is 0 Å². The van der Waals surface area contributed by atoms with Crippen molar-refractivity contribution in [3.8, 4) is 0 Å². The molecule has 3 N–H and O–H groups in total. The van der Waals surface area contributed by atoms with Crippen molar-refractivity contribution in [2.75, 3.05) is 31.5 Å². The van der Waals surface area contributed by atoms with Crippen molar-refractivity contribution in [2.24, 2.45) is 5.92 Å². The molecular formula is C26H33N3O5. The van der Waals surface area contributed by atoms with E-state index in [4.69, 9.17) is 9.84 Å². The van der Waals surface area contributed by atoms with Gasteiger partial charge in [0.25, 0.3) is 0 Å². The van der Waals surface area contributed by atoms with Crippen LogP contribution in [0.25, 0.3) is 0 Å². The van der Waals surface area contributed by atoms with E-state index < -0.39 is 12.2 Å². The number of anilines is 1. The van der Waals surface area contributed by atoms with Crippen molar-refractivity contribution < 1.29 is 24.2 Å². The summed E-state index contributed by atoms with van der Waals surface area (Å²) in [6, 6.07) is 17.0. The van der Waals surface area contributed by atoms with E-state index in [1.54, 1.807) is 0 Å². The number of carboxylic acid groups (broad SMARTS) is 1. The number of carbonyl (C=O) groups excluding carboxylic acids is 2. The summed E-state index contributed by atoms with van der Waals surface area (Å²) >= 11 is 0. The molecule has 0 atom stereocenters. The summed E-state index contributed by atoms with van der Waals surface area (Å²) in [4.78, 5) is 37.1. The van der Waals surface area contributed by atoms with Crippen LogP contribution in [0.5, 0.6) is 0 Å². The summed E-state index contributed by atoms with van der Waals surface area (Å²) in [5, 5.41) is 15.1. The molecule has 0 radical (unpaired) electrons. The molecular weight excluding hydrogens is 434 g/mol. The number of hydrogen-bond acceptors (Lipinski definition) is 5. The predicted molar refractivity (Wildman–Crippen MR) is 130 cm³/mol. The van der Waals surface area contributed by atoms with Crippen molar-refractivity contribution in [1.82, 2.24) is 10.2 Å². The Labute approximate surface area is 200 Å². The van der Waals surface area contributed by atoms with Crippen molar-refractivity contribution in [3.63, 3.8) is 0 Å². The molecule has 2 aromatic rings. The summed E-state index contributed by atoms with van der Waals surface area (Å²) in [6.07, 6.45) is 2.20. The Bertz CT molecular complexity index is 942. The Kier molecular flexibility index (Phi) is 9.76. The number of piperidine rings is 1. The topological polar surface area (TPSA) is 108 Å². The number of Topliss-reactive ketones (excluding diaryl/α,β-unsaturated/α-hetero) is 1. The van der Waals surface area contributed by atoms with Crippen LogP contribution < -0.4 is 10.6 Å². The first kappa shape index (κ1) is 25.1. The second-order valence-electron chi connectivity index (χ2n) is 8.49. The zero-order valence-electron chi connectivity index (χ0n) is 19.4. The minimum absolute atomic E-state index is 0.0892. The number of alkyl carbamates (subject to hydrolysis) is 1. The molecule has 8 nitrogen and oxygen atoms in total. The molecule has 1 saturated heterocycles. The summed E-state index contributed by atoms with van der Waals surface area (Å²) in [5.41, 5.74) is 2.40. The second kappa shape index (κ2) is 13.2. The summed E-state index contributed by atoms with van der Waals surface area (Å²) in [5.74, 6) is 0.471. The van der Waals surface area contributed by atoms with Crippen LogP contribution >= 0.6 is 0 Å². The maximum absolute atomic E-state index is 12.8. The number of carbonyl (C=O) groups is 3. The molecule has 182 valence electrons. The minimum Gasteiger partial charge on any atom is -0.465 e. The van der Waals surface area contributed by atoms with Gasteiger partial charge in [-0.15, -0.1) is 0 Å². The largest absolute Gasteiger partial charge is 0.465 e. The van der Waals surface area contributed by atoms with Crippen LogP contribution in [0.15, 0.2) is 54.6 Å². The lowest BCUT2D eigenvalue weighted by molar-refractivity contribution is 0.0954. The number of benzene rings is 2. The number of amides is 2. The van der Waals surface area contributed by atoms with E-state index in [2.05, 4.69) is 10.6 Å². The fourth-order valence-corrected chi connectivity index (χ4v) is 4.04. The van der Waals surface area contributed by atoms with Gasteiger partial charge in [0.05, 0.1) is 0 Å². The van der Waals surface area contributed by atoms with E-state index in [0.717, 1.165) is 30.5 Å². The average molecular weight is 468 g/mol. The number of hydrogen-bond donors (Lipinski definition) is 3. The SMILES string of the molecule is O=C(NCCCNc1ccccc1C(=O)CCC1CCN(C(=O)O)CC1)OCc1ccccc1. The highest BCUT2D eigenvalue weighted by atomic mass is 16.5. The molecule has 8 heteroatoms. The quantitative estimate of drug-likeness (QED) is 0.325. The van der Waals surface area contributed by atoms with Crippen LogP contribution in [0.1, 0.15) is 48.0 Å². The van der Waals surface area contributed by atoms with Crippen LogP contribution in [0.3, 0.4) is 0 Å². The van der Waals surface area contributed by atoms with E-state index in [1.165, 1.54) is 4.90 Å². The highest BCUT2D eigenvalue weighted by Gasteiger charge is 2.23. The summed E-state index contributed by atoms with van der Waals surface area (Å²) in [7, 11) is 0. The molecule has 0 saturated carbocycles. The number of nitrogens with one attached hydrogen (secondary N) is 2. The van der Waals surface area contributed by atoms with Crippen molar-refractivity contribution in [2.45, 2.75) is 38.7 Å². The van der Waals surface area contributed by atoms with Gasteiger partial charge in [0.2, 0.25) is 0 Å². The third-order valence-corrected chi connectivity index (χ3v) is 6.04. The van der Waals surface area contributed by atoms with Crippen molar-refractivity contribution in [3.05, 3.63) is 65.7 Å². The van der Waals surface area contributed by atoms with Gasteiger partial charge in [0.15, 0.2) is 5.78 Å². The molecule has 0 spiro atoms. The normalized spacial score (nSPS) is 13.8. The van der Waals surface area contributed by atoms with Gasteiger partial charge in [-0.05, 0) is 49.3 Å². The van der Waals surface area contributed by atoms with Crippen molar-refractivity contribution in [1.29, 1.82) is 0 Å². The van der Waals surface area contributed by atoms with Crippen LogP contribution in [-0.2, 0) is 11.3 Å². The molecule has 1 aliphatic rings. The Morgan fingerprint density at radius 1 is 0.971 bits per heavy atom. The van der Waals surface area contributed by atoms with Crippen molar-refractivity contribution >= 4 is 23.7 Å². The molecule has 1 heterocycles. The highest BCUT2D eigenvalue weighted by molar-refractivity contribution is 6.01. The Balaban J connectivity index is 1.34. The molecule has 2 amide bonds. The lowest BCUT2D eigenvalue weighted by Crippen LogP contribution is -2.37. The van der Waals surface area contributed by atoms with Gasteiger partial charge in [-0.25, -0.2) is 9.59 Å². The number of likely N-dealkylation sites (tertiary alicyclic amines) is 1. The second-order valence-corrected chi connectivity index (χ2v) is 8.49. The first-order valence-electron chi connectivity index (χ1n) is 11.8. The molecule has 0 bridgehead atoms. The van der Waals surface area contributed by atoms with E-state index in [0.29, 0.717) is 50.5 Å². The standard InChI is InChI=1S/C26H33N3O5/c30-24(12-11-20-13-17-29(18-14-20)26(32)33)22-9-4-5-10-23(22)27-15-6-16-28-25(31)34-19-21-7-2-1-3-8-21/h1-5,7-10,20,27H,6,11-19H2,(H,28,31)(H,32,33). The first-order valence-corrected chi connectivity index (χ1v) is 11.8. The maximum Gasteiger partial charge on any atom is 0.407 e. The summed E-state index contributed by atoms with van der Waals surface area (Å²) in [6.45, 7) is 2.39. The molecule has 0 aromatic heterocycles. The highest BCUT2D eigenvalue weighted by Crippen LogP contribution is 2.24. The molecule has 3 rings (SSSR count). The smallest absolute Gasteiger partial charge is 0.407 e. The predicted octanol–water partition coefficient (Wildman–Crippen LogP) is 4.77. The molecule has 0 aliphatic carbocycles. The molecule has 1 aliphatic heterocycles. The van der Waals surface area contributed by atoms with Gasteiger partial charge in [0, 0.05) is 43.9 Å². The van der Waals surface area contributed by atoms with Crippen LogP contribution in [0.4, 0.5) is 15.3 Å². The van der Waals surface area contributed by atoms with Crippen LogP contribution in [-0.4, -0.2) is 54.2 Å². The van der Waals surface area contributed by atoms with Crippen LogP contribution in [0.2, 0.25) is 0 Å². The Morgan fingerprint density at radius 3 is 2.41 bits per heavy atom. The first-order chi connectivity index (χ1) is 16.5. The maximum atomic E-state index is 12.8. The average Bonchev–Trinajstić information content (AvgIpc) is 2.87. The number of para-hydroxylation sites is 1. The van der Waals surface area contributed by atoms with E-state index in [-0.39, 0.29) is 12.4 Å². The number of ketones is 1. The molecule has 0 unspecified atom stereocenters. The zero-order chi connectivity index (χ0) is 24.2. The molecule has 34 heavy (non-hydrogen) atoms. The van der Waals surface area contributed by atoms with Gasteiger partial charge in [-0.1, -0.05) is 42.5 Å². The van der Waals surface area contributed by atoms with Gasteiger partial charge >= 0.3 is 12.2 Å². The summed E-state index contributed by atoms with van der Waals surface area (Å²) < 4.78 is 5.19. The minimum atomic E-state index is -0.867. The Morgan fingerprint density at radius 2 is 1.68 bits per heavy atom. The number of rotatable bonds is 11. The number of nitrogens with zero attached hydrogens (tertiary/aromatic N) is 1. The fourth-order valence-electron chi connectivity index (χ4n) is 4.04. The van der Waals surface area contributed by atoms with Gasteiger partial charge in [-0.2, -0.15) is 0 Å². The monoisotopic (exact) mass is 467 g/mol. The fraction of sp³-hybridized carbons (Fsp3) is 0.423. The van der Waals surface area contributed by atoms with E-state index in [9.17, 15) is 14.4 Å². The van der Waals surface area contributed by atoms with Gasteiger partial charge < -0.3 is 25.4 Å². The van der Waals surface area contributed by atoms with Gasteiger partial charge in [0.1, 0.15) is 6.61 Å². The lowest BCUT2D eigenvalue weighted by atomic mass is 9.90. The van der Waals surface area contributed by atoms with Gasteiger partial charge in [-0.3, -0.25) is 4.79 Å². The zero-order valence-corrected chi connectivity index (χ0v) is 19.4. The van der Waals surface area contributed by atoms with E-state index in [1.807, 2.05) is 54.6 Å². The van der Waals surface area contributed by atoms with Crippen LogP contribution in [0, 0.1) is 5.92 Å². The lowest BCUT2D eigenvalue weighted by Gasteiger charge is -2.29. The molecule has 1 fully saturated rings. The molecule has 2 aromatic carbocycles.